The van der Waals surface area contributed by atoms with Gasteiger partial charge < -0.3 is 58.7 Å². The average molecular weight is 755 g/mol. The topological polar surface area (TPSA) is 232 Å². The van der Waals surface area contributed by atoms with E-state index in [0.29, 0.717) is 16.9 Å². The molecule has 1 aliphatic rings. The van der Waals surface area contributed by atoms with Crippen LogP contribution in [0.15, 0.2) is 106 Å². The van der Waals surface area contributed by atoms with Crippen molar-refractivity contribution in [3.8, 4) is 45.8 Å². The minimum Gasteiger partial charge on any atom is -0.508 e. The summed E-state index contributed by atoms with van der Waals surface area (Å²) in [5.74, 6) is -3.36. The van der Waals surface area contributed by atoms with Crippen molar-refractivity contribution < 1.29 is 68.3 Å². The van der Waals surface area contributed by atoms with Crippen LogP contribution in [0.1, 0.15) is 11.1 Å². The van der Waals surface area contributed by atoms with Crippen molar-refractivity contribution in [1.29, 1.82) is 0 Å². The lowest BCUT2D eigenvalue weighted by Crippen LogP contribution is -2.61. The second-order valence-electron chi connectivity index (χ2n) is 12.2. The van der Waals surface area contributed by atoms with E-state index in [1.54, 1.807) is 36.4 Å². The maximum atomic E-state index is 14.0. The molecule has 6 rings (SSSR count). The summed E-state index contributed by atoms with van der Waals surface area (Å²) in [6.45, 7) is -0.647. The first kappa shape index (κ1) is 37.9. The van der Waals surface area contributed by atoms with Gasteiger partial charge in [0.2, 0.25) is 17.5 Å². The highest BCUT2D eigenvalue weighted by molar-refractivity contribution is 5.89. The zero-order valence-electron chi connectivity index (χ0n) is 28.8. The fraction of sp³-hybridized carbons (Fsp3) is 0.175. The van der Waals surface area contributed by atoms with Gasteiger partial charge in [-0.1, -0.05) is 24.3 Å². The van der Waals surface area contributed by atoms with E-state index in [1.807, 2.05) is 0 Å². The number of aliphatic hydroxyl groups excluding tert-OH is 2. The van der Waals surface area contributed by atoms with E-state index in [-0.39, 0.29) is 28.4 Å². The van der Waals surface area contributed by atoms with Crippen LogP contribution >= 0.6 is 0 Å². The van der Waals surface area contributed by atoms with Crippen molar-refractivity contribution in [3.63, 3.8) is 0 Å². The van der Waals surface area contributed by atoms with E-state index < -0.39 is 77.3 Å². The Morgan fingerprint density at radius 1 is 0.764 bits per heavy atom. The smallest absolute Gasteiger partial charge is 0.331 e. The molecule has 5 atom stereocenters. The normalized spacial score (nSPS) is 19.7. The number of benzene rings is 4. The van der Waals surface area contributed by atoms with E-state index >= 15 is 0 Å². The molecule has 1 saturated heterocycles. The van der Waals surface area contributed by atoms with Gasteiger partial charge in [-0.2, -0.15) is 0 Å². The predicted molar refractivity (Wildman–Crippen MR) is 194 cm³/mol. The number of aliphatic hydroxyl groups is 2. The van der Waals surface area contributed by atoms with Crippen LogP contribution in [-0.2, 0) is 23.8 Å². The lowest BCUT2D eigenvalue weighted by molar-refractivity contribution is -0.282. The molecular weight excluding hydrogens is 720 g/mol. The number of hydrogen-bond donors (Lipinski definition) is 6. The molecule has 15 heteroatoms. The van der Waals surface area contributed by atoms with Gasteiger partial charge in [0.05, 0.1) is 7.11 Å². The fourth-order valence-electron chi connectivity index (χ4n) is 5.57. The second kappa shape index (κ2) is 16.5. The predicted octanol–water partition coefficient (Wildman–Crippen LogP) is 4.00. The SMILES string of the molecule is COc1ccc(C=CC(=O)OC2C(Oc3c(-c4ccc(O)cc4)oc4cc(O)cc(O)c4c3=O)OC(COC(=O)C=Cc3ccc(O)cc3)C(O)C2O)cc1. The third-order valence-corrected chi connectivity index (χ3v) is 8.40. The molecule has 0 spiro atoms. The molecule has 6 N–H and O–H groups in total. The van der Waals surface area contributed by atoms with Crippen LogP contribution in [0.25, 0.3) is 34.4 Å². The number of aromatic hydroxyl groups is 4. The maximum Gasteiger partial charge on any atom is 0.331 e. The van der Waals surface area contributed by atoms with E-state index in [4.69, 9.17) is 28.1 Å². The molecule has 5 aromatic rings. The molecule has 0 amide bonds. The molecule has 1 aromatic heterocycles. The summed E-state index contributed by atoms with van der Waals surface area (Å²) in [6, 6.07) is 20.0. The highest BCUT2D eigenvalue weighted by Gasteiger charge is 2.49. The number of esters is 2. The molecule has 55 heavy (non-hydrogen) atoms. The van der Waals surface area contributed by atoms with Crippen molar-refractivity contribution in [1.82, 2.24) is 0 Å². The number of hydrogen-bond acceptors (Lipinski definition) is 15. The first-order valence-corrected chi connectivity index (χ1v) is 16.6. The van der Waals surface area contributed by atoms with E-state index in [2.05, 4.69) is 0 Å². The van der Waals surface area contributed by atoms with Crippen LogP contribution in [0, 0.1) is 0 Å². The van der Waals surface area contributed by atoms with Crippen LogP contribution in [0.3, 0.4) is 0 Å². The van der Waals surface area contributed by atoms with Gasteiger partial charge in [0, 0.05) is 29.8 Å². The van der Waals surface area contributed by atoms with Crippen LogP contribution in [0.4, 0.5) is 0 Å². The molecule has 4 aromatic carbocycles. The molecule has 0 aliphatic carbocycles. The van der Waals surface area contributed by atoms with Gasteiger partial charge in [0.1, 0.15) is 64.6 Å². The number of fused-ring (bicyclic) bond motifs is 1. The second-order valence-corrected chi connectivity index (χ2v) is 12.2. The van der Waals surface area contributed by atoms with Gasteiger partial charge in [0.15, 0.2) is 11.9 Å². The van der Waals surface area contributed by atoms with Gasteiger partial charge in [-0.25, -0.2) is 9.59 Å². The Hall–Kier alpha value is -6.81. The number of rotatable bonds is 11. The highest BCUT2D eigenvalue weighted by atomic mass is 16.7. The number of carbonyl (C=O) groups excluding carboxylic acids is 2. The zero-order chi connectivity index (χ0) is 39.2. The summed E-state index contributed by atoms with van der Waals surface area (Å²) in [7, 11) is 1.50. The molecule has 0 saturated carbocycles. The van der Waals surface area contributed by atoms with Gasteiger partial charge in [0.25, 0.3) is 0 Å². The van der Waals surface area contributed by atoms with Crippen LogP contribution in [0.5, 0.6) is 34.5 Å². The van der Waals surface area contributed by atoms with Crippen molar-refractivity contribution in [2.45, 2.75) is 30.7 Å². The summed E-state index contributed by atoms with van der Waals surface area (Å²) >= 11 is 0. The summed E-state index contributed by atoms with van der Waals surface area (Å²) in [5, 5.41) is 62.1. The highest BCUT2D eigenvalue weighted by Crippen LogP contribution is 2.38. The molecule has 1 fully saturated rings. The number of phenols is 4. The molecular formula is C40H34O15. The Bertz CT molecular complexity index is 2280. The lowest BCUT2D eigenvalue weighted by atomic mass is 9.99. The molecule has 0 bridgehead atoms. The van der Waals surface area contributed by atoms with E-state index in [0.717, 1.165) is 24.3 Å². The molecule has 1 aliphatic heterocycles. The van der Waals surface area contributed by atoms with Crippen LogP contribution < -0.4 is 14.9 Å². The van der Waals surface area contributed by atoms with Gasteiger partial charge in [-0.15, -0.1) is 0 Å². The molecule has 284 valence electrons. The third-order valence-electron chi connectivity index (χ3n) is 8.40. The number of carbonyl (C=O) groups is 2. The minimum absolute atomic E-state index is 0.0310. The third kappa shape index (κ3) is 8.88. The van der Waals surface area contributed by atoms with Crippen molar-refractivity contribution in [2.75, 3.05) is 13.7 Å². The number of methoxy groups -OCH3 is 1. The largest absolute Gasteiger partial charge is 0.508 e. The first-order chi connectivity index (χ1) is 26.4. The van der Waals surface area contributed by atoms with Gasteiger partial charge in [-0.3, -0.25) is 4.79 Å². The first-order valence-electron chi connectivity index (χ1n) is 16.6. The minimum atomic E-state index is -1.94. The van der Waals surface area contributed by atoms with Crippen LogP contribution in [-0.4, -0.2) is 87.0 Å². The molecule has 0 radical (unpaired) electrons. The Morgan fingerprint density at radius 2 is 1.36 bits per heavy atom. The summed E-state index contributed by atoms with van der Waals surface area (Å²) in [5.41, 5.74) is 0.115. The maximum absolute atomic E-state index is 14.0. The van der Waals surface area contributed by atoms with Crippen molar-refractivity contribution >= 4 is 35.1 Å². The average Bonchev–Trinajstić information content (AvgIpc) is 3.17. The number of phenolic OH excluding ortho intramolecular Hbond substituents is 4. The lowest BCUT2D eigenvalue weighted by Gasteiger charge is -2.41. The summed E-state index contributed by atoms with van der Waals surface area (Å²) in [4.78, 5) is 39.7. The standard InChI is InChI=1S/C40H34O15/c1-50-27-14-4-22(5-15-27)7-17-32(46)54-39-36(49)34(47)30(20-51-31(45)16-6-21-2-10-24(41)11-3-21)53-40(39)55-38-35(48)33-28(44)18-26(43)19-29(33)52-37(38)23-8-12-25(42)13-9-23/h2-19,30,34,36,39-44,47,49H,20H2,1H3. The summed E-state index contributed by atoms with van der Waals surface area (Å²) in [6.07, 6.45) is -4.03. The Morgan fingerprint density at radius 3 is 2.00 bits per heavy atom. The van der Waals surface area contributed by atoms with Crippen molar-refractivity contribution in [2.24, 2.45) is 0 Å². The van der Waals surface area contributed by atoms with E-state index in [1.165, 1.54) is 55.7 Å². The van der Waals surface area contributed by atoms with Crippen molar-refractivity contribution in [3.05, 3.63) is 118 Å². The molecule has 5 unspecified atom stereocenters. The Kier molecular flexibility index (Phi) is 11.4. The summed E-state index contributed by atoms with van der Waals surface area (Å²) < 4.78 is 33.8. The zero-order valence-corrected chi connectivity index (χ0v) is 28.8. The number of ether oxygens (including phenoxy) is 5. The van der Waals surface area contributed by atoms with Gasteiger partial charge >= 0.3 is 11.9 Å². The fourth-order valence-corrected chi connectivity index (χ4v) is 5.57. The van der Waals surface area contributed by atoms with Gasteiger partial charge in [-0.05, 0) is 71.8 Å². The van der Waals surface area contributed by atoms with Crippen LogP contribution in [0.2, 0.25) is 0 Å². The quantitative estimate of drug-likeness (QED) is 0.0827. The Balaban J connectivity index is 1.33. The monoisotopic (exact) mass is 754 g/mol. The Labute approximate surface area is 311 Å². The van der Waals surface area contributed by atoms with E-state index in [9.17, 15) is 45.0 Å². The molecule has 15 nitrogen and oxygen atoms in total. The molecule has 2 heterocycles.